The summed E-state index contributed by atoms with van der Waals surface area (Å²) in [6, 6.07) is 5.65. The molecule has 1 aromatic heterocycles. The van der Waals surface area contributed by atoms with E-state index in [2.05, 4.69) is 27.3 Å². The van der Waals surface area contributed by atoms with Crippen molar-refractivity contribution >= 4 is 5.91 Å². The maximum atomic E-state index is 12.3. The second-order valence-electron chi connectivity index (χ2n) is 6.13. The van der Waals surface area contributed by atoms with E-state index >= 15 is 0 Å². The van der Waals surface area contributed by atoms with Crippen LogP contribution in [-0.2, 0) is 0 Å². The highest BCUT2D eigenvalue weighted by atomic mass is 16.5. The van der Waals surface area contributed by atoms with Crippen molar-refractivity contribution in [2.45, 2.75) is 25.8 Å². The van der Waals surface area contributed by atoms with E-state index in [0.717, 1.165) is 19.5 Å². The first-order valence-corrected chi connectivity index (χ1v) is 8.74. The lowest BCUT2D eigenvalue weighted by Crippen LogP contribution is -2.40. The smallest absolute Gasteiger partial charge is 0.316 e. The molecule has 140 valence electrons. The number of benzene rings is 1. The number of likely N-dealkylation sites (tertiary alicyclic amines) is 1. The number of rotatable bonds is 7. The van der Waals surface area contributed by atoms with Gasteiger partial charge in [0, 0.05) is 18.2 Å². The third-order valence-electron chi connectivity index (χ3n) is 4.67. The number of aromatic nitrogens is 2. The van der Waals surface area contributed by atoms with E-state index in [9.17, 15) is 4.79 Å². The number of carbonyl (C=O) groups is 1. The molecular formula is C18H24N4O4. The van der Waals surface area contributed by atoms with E-state index in [4.69, 9.17) is 14.0 Å². The molecule has 0 unspecified atom stereocenters. The summed E-state index contributed by atoms with van der Waals surface area (Å²) in [5.41, 5.74) is 0.679. The minimum absolute atomic E-state index is 0.0455. The summed E-state index contributed by atoms with van der Waals surface area (Å²) in [7, 11) is 3.12. The molecule has 0 spiro atoms. The van der Waals surface area contributed by atoms with Gasteiger partial charge in [0.1, 0.15) is 0 Å². The van der Waals surface area contributed by atoms with Gasteiger partial charge in [-0.15, -0.1) is 0 Å². The molecule has 0 bridgehead atoms. The van der Waals surface area contributed by atoms with Crippen LogP contribution in [0.5, 0.6) is 11.5 Å². The number of nitrogens with one attached hydrogen (secondary N) is 1. The zero-order chi connectivity index (χ0) is 18.5. The lowest BCUT2D eigenvalue weighted by molar-refractivity contribution is 0.0897. The molecular weight excluding hydrogens is 336 g/mol. The molecule has 1 atom stereocenters. The molecule has 26 heavy (non-hydrogen) atoms. The Kier molecular flexibility index (Phi) is 5.72. The predicted molar refractivity (Wildman–Crippen MR) is 95.4 cm³/mol. The van der Waals surface area contributed by atoms with Crippen molar-refractivity contribution < 1.29 is 18.8 Å². The number of nitrogens with zero attached hydrogens (tertiary/aromatic N) is 3. The molecule has 0 saturated carbocycles. The van der Waals surface area contributed by atoms with Gasteiger partial charge < -0.3 is 19.3 Å². The second-order valence-corrected chi connectivity index (χ2v) is 6.13. The fourth-order valence-corrected chi connectivity index (χ4v) is 3.24. The van der Waals surface area contributed by atoms with Gasteiger partial charge >= 0.3 is 11.8 Å². The van der Waals surface area contributed by atoms with E-state index in [1.165, 1.54) is 6.42 Å². The molecule has 1 saturated heterocycles. The van der Waals surface area contributed by atoms with Gasteiger partial charge in [-0.05, 0) is 44.1 Å². The lowest BCUT2D eigenvalue weighted by atomic mass is 10.2. The van der Waals surface area contributed by atoms with Crippen LogP contribution in [0.3, 0.4) is 0 Å². The standard InChI is InChI=1S/C18H24N4O4/c1-4-22-9-5-6-13(22)11-19-17(23)18-20-16(21-26-18)12-7-8-14(24-2)15(10-12)25-3/h7-8,10,13H,4-6,9,11H2,1-3H3,(H,19,23)/t13-/m0/s1. The van der Waals surface area contributed by atoms with E-state index in [-0.39, 0.29) is 11.8 Å². The minimum Gasteiger partial charge on any atom is -0.493 e. The largest absolute Gasteiger partial charge is 0.493 e. The molecule has 3 rings (SSSR count). The average Bonchev–Trinajstić information content (AvgIpc) is 3.34. The van der Waals surface area contributed by atoms with Gasteiger partial charge in [0.15, 0.2) is 11.5 Å². The third kappa shape index (κ3) is 3.80. The van der Waals surface area contributed by atoms with Crippen molar-refractivity contribution in [3.05, 3.63) is 24.1 Å². The molecule has 2 aromatic rings. The van der Waals surface area contributed by atoms with Gasteiger partial charge in [0.05, 0.1) is 14.2 Å². The number of carbonyl (C=O) groups excluding carboxylic acids is 1. The van der Waals surface area contributed by atoms with Crippen molar-refractivity contribution in [1.82, 2.24) is 20.4 Å². The van der Waals surface area contributed by atoms with Gasteiger partial charge in [-0.25, -0.2) is 0 Å². The molecule has 1 aliphatic rings. The van der Waals surface area contributed by atoms with Crippen molar-refractivity contribution in [2.24, 2.45) is 0 Å². The van der Waals surface area contributed by atoms with Crippen molar-refractivity contribution in [2.75, 3.05) is 33.9 Å². The first-order valence-electron chi connectivity index (χ1n) is 8.74. The van der Waals surface area contributed by atoms with Gasteiger partial charge in [-0.2, -0.15) is 4.98 Å². The van der Waals surface area contributed by atoms with Crippen LogP contribution in [0.4, 0.5) is 0 Å². The highest BCUT2D eigenvalue weighted by Crippen LogP contribution is 2.31. The van der Waals surface area contributed by atoms with Gasteiger partial charge in [0.2, 0.25) is 5.82 Å². The zero-order valence-electron chi connectivity index (χ0n) is 15.3. The molecule has 8 nitrogen and oxygen atoms in total. The second kappa shape index (κ2) is 8.18. The highest BCUT2D eigenvalue weighted by molar-refractivity contribution is 5.89. The Morgan fingerprint density at radius 1 is 1.35 bits per heavy atom. The van der Waals surface area contributed by atoms with Crippen molar-refractivity contribution in [1.29, 1.82) is 0 Å². The lowest BCUT2D eigenvalue weighted by Gasteiger charge is -2.22. The topological polar surface area (TPSA) is 89.7 Å². The zero-order valence-corrected chi connectivity index (χ0v) is 15.3. The molecule has 1 amide bonds. The molecule has 2 heterocycles. The fourth-order valence-electron chi connectivity index (χ4n) is 3.24. The number of amides is 1. The van der Waals surface area contributed by atoms with Crippen molar-refractivity contribution in [3.63, 3.8) is 0 Å². The van der Waals surface area contributed by atoms with E-state index in [1.54, 1.807) is 32.4 Å². The summed E-state index contributed by atoms with van der Waals surface area (Å²) >= 11 is 0. The number of hydrogen-bond donors (Lipinski definition) is 1. The van der Waals surface area contributed by atoms with Crippen LogP contribution in [0.1, 0.15) is 30.5 Å². The summed E-state index contributed by atoms with van der Waals surface area (Å²) < 4.78 is 15.6. The summed E-state index contributed by atoms with van der Waals surface area (Å²) in [5, 5.41) is 6.78. The molecule has 0 radical (unpaired) electrons. The van der Waals surface area contributed by atoms with E-state index in [0.29, 0.717) is 35.5 Å². The molecule has 1 fully saturated rings. The number of likely N-dealkylation sites (N-methyl/N-ethyl adjacent to an activating group) is 1. The maximum absolute atomic E-state index is 12.3. The summed E-state index contributed by atoms with van der Waals surface area (Å²) in [4.78, 5) is 18.9. The molecule has 0 aliphatic carbocycles. The average molecular weight is 360 g/mol. The van der Waals surface area contributed by atoms with Crippen LogP contribution in [0, 0.1) is 0 Å². The van der Waals surface area contributed by atoms with Crippen LogP contribution < -0.4 is 14.8 Å². The van der Waals surface area contributed by atoms with Gasteiger partial charge in [0.25, 0.3) is 0 Å². The minimum atomic E-state index is -0.354. The highest BCUT2D eigenvalue weighted by Gasteiger charge is 2.24. The number of ether oxygens (including phenoxy) is 2. The molecule has 1 aliphatic heterocycles. The van der Waals surface area contributed by atoms with Crippen LogP contribution in [-0.4, -0.2) is 60.8 Å². The molecule has 8 heteroatoms. The Morgan fingerprint density at radius 2 is 2.15 bits per heavy atom. The quantitative estimate of drug-likeness (QED) is 0.807. The Bertz CT molecular complexity index is 761. The number of hydrogen-bond acceptors (Lipinski definition) is 7. The van der Waals surface area contributed by atoms with Crippen LogP contribution in [0.2, 0.25) is 0 Å². The molecule has 1 aromatic carbocycles. The predicted octanol–water partition coefficient (Wildman–Crippen LogP) is 1.97. The van der Waals surface area contributed by atoms with Crippen molar-refractivity contribution in [3.8, 4) is 22.9 Å². The van der Waals surface area contributed by atoms with Crippen LogP contribution in [0.15, 0.2) is 22.7 Å². The normalized spacial score (nSPS) is 17.3. The summed E-state index contributed by atoms with van der Waals surface area (Å²) in [6.07, 6.45) is 2.26. The maximum Gasteiger partial charge on any atom is 0.316 e. The van der Waals surface area contributed by atoms with Gasteiger partial charge in [-0.3, -0.25) is 9.69 Å². The van der Waals surface area contributed by atoms with Crippen LogP contribution >= 0.6 is 0 Å². The van der Waals surface area contributed by atoms with Crippen LogP contribution in [0.25, 0.3) is 11.4 Å². The first kappa shape index (κ1) is 18.2. The third-order valence-corrected chi connectivity index (χ3v) is 4.67. The summed E-state index contributed by atoms with van der Waals surface area (Å²) in [6.45, 7) is 4.79. The summed E-state index contributed by atoms with van der Waals surface area (Å²) in [5.74, 6) is 1.09. The van der Waals surface area contributed by atoms with E-state index < -0.39 is 0 Å². The Labute approximate surface area is 152 Å². The van der Waals surface area contributed by atoms with Gasteiger partial charge in [-0.1, -0.05) is 12.1 Å². The molecule has 1 N–H and O–H groups in total. The van der Waals surface area contributed by atoms with E-state index in [1.807, 2.05) is 0 Å². The first-order chi connectivity index (χ1) is 12.7. The Balaban J connectivity index is 1.66. The monoisotopic (exact) mass is 360 g/mol. The fraction of sp³-hybridized carbons (Fsp3) is 0.500. The Morgan fingerprint density at radius 3 is 2.88 bits per heavy atom. The number of methoxy groups -OCH3 is 2. The SMILES string of the molecule is CCN1CCC[C@H]1CNC(=O)c1nc(-c2ccc(OC)c(OC)c2)no1. The Hall–Kier alpha value is -2.61.